The third-order valence-electron chi connectivity index (χ3n) is 2.95. The number of hydrogen-bond donors (Lipinski definition) is 1. The van der Waals surface area contributed by atoms with Crippen LogP contribution in [0, 0.1) is 0 Å². The smallest absolute Gasteiger partial charge is 0.267 e. The van der Waals surface area contributed by atoms with Gasteiger partial charge in [-0.3, -0.25) is 4.79 Å². The average Bonchev–Trinajstić information content (AvgIpc) is 2.30. The molecule has 1 atom stereocenters. The van der Waals surface area contributed by atoms with Crippen LogP contribution >= 0.6 is 0 Å². The summed E-state index contributed by atoms with van der Waals surface area (Å²) >= 11 is 0. The van der Waals surface area contributed by atoms with Crippen LogP contribution in [0.3, 0.4) is 0 Å². The molecule has 0 saturated heterocycles. The molecule has 92 valence electrons. The highest BCUT2D eigenvalue weighted by atomic mass is 16.5. The predicted octanol–water partition coefficient (Wildman–Crippen LogP) is 2.18. The minimum atomic E-state index is -0.429. The fraction of sp³-hybridized carbons (Fsp3) is 0.462. The number of nitrogens with zero attached hydrogens (tertiary/aromatic N) is 1. The summed E-state index contributed by atoms with van der Waals surface area (Å²) in [5, 5.41) is 0. The van der Waals surface area contributed by atoms with E-state index in [9.17, 15) is 4.79 Å². The van der Waals surface area contributed by atoms with E-state index < -0.39 is 6.10 Å². The Hall–Kier alpha value is -1.71. The molecule has 0 fully saturated rings. The van der Waals surface area contributed by atoms with E-state index in [1.165, 1.54) is 0 Å². The van der Waals surface area contributed by atoms with Gasteiger partial charge in [0.05, 0.1) is 5.69 Å². The lowest BCUT2D eigenvalue weighted by Crippen LogP contribution is -2.45. The standard InChI is InChI=1S/C13H18N2O2/c1-3-4-8-15-12-10(14)6-5-7-11(12)17-9(2)13(15)16/h5-7,9H,3-4,8,14H2,1-2H3. The van der Waals surface area contributed by atoms with Crippen molar-refractivity contribution >= 4 is 17.3 Å². The molecule has 1 amide bonds. The molecule has 0 radical (unpaired) electrons. The van der Waals surface area contributed by atoms with E-state index in [4.69, 9.17) is 10.5 Å². The van der Waals surface area contributed by atoms with Gasteiger partial charge in [-0.05, 0) is 25.5 Å². The van der Waals surface area contributed by atoms with Gasteiger partial charge in [-0.1, -0.05) is 19.4 Å². The number of benzene rings is 1. The minimum absolute atomic E-state index is 0.0103. The molecule has 1 unspecified atom stereocenters. The van der Waals surface area contributed by atoms with Gasteiger partial charge in [0.1, 0.15) is 11.4 Å². The summed E-state index contributed by atoms with van der Waals surface area (Å²) in [5.41, 5.74) is 7.26. The van der Waals surface area contributed by atoms with Crippen LogP contribution in [-0.2, 0) is 4.79 Å². The van der Waals surface area contributed by atoms with Gasteiger partial charge in [0, 0.05) is 6.54 Å². The Kier molecular flexibility index (Phi) is 3.22. The molecule has 1 aromatic carbocycles. The van der Waals surface area contributed by atoms with Crippen LogP contribution in [0.4, 0.5) is 11.4 Å². The lowest BCUT2D eigenvalue weighted by molar-refractivity contribution is -0.125. The summed E-state index contributed by atoms with van der Waals surface area (Å²) < 4.78 is 5.56. The zero-order valence-electron chi connectivity index (χ0n) is 10.3. The normalized spacial score (nSPS) is 18.8. The molecule has 1 aliphatic rings. The fourth-order valence-corrected chi connectivity index (χ4v) is 2.03. The number of nitrogens with two attached hydrogens (primary N) is 1. The maximum atomic E-state index is 12.1. The fourth-order valence-electron chi connectivity index (χ4n) is 2.03. The highest BCUT2D eigenvalue weighted by Crippen LogP contribution is 2.38. The number of rotatable bonds is 3. The molecule has 0 bridgehead atoms. The lowest BCUT2D eigenvalue weighted by Gasteiger charge is -2.33. The number of para-hydroxylation sites is 1. The Labute approximate surface area is 101 Å². The topological polar surface area (TPSA) is 55.6 Å². The van der Waals surface area contributed by atoms with Crippen molar-refractivity contribution in [2.24, 2.45) is 0 Å². The first-order chi connectivity index (χ1) is 8.15. The van der Waals surface area contributed by atoms with Crippen molar-refractivity contribution in [3.63, 3.8) is 0 Å². The van der Waals surface area contributed by atoms with Gasteiger partial charge in [-0.15, -0.1) is 0 Å². The summed E-state index contributed by atoms with van der Waals surface area (Å²) in [5.74, 6) is 0.692. The van der Waals surface area contributed by atoms with E-state index in [1.54, 1.807) is 17.9 Å². The molecule has 4 heteroatoms. The number of anilines is 2. The number of nitrogen functional groups attached to an aromatic ring is 1. The molecule has 2 rings (SSSR count). The summed E-state index contributed by atoms with van der Waals surface area (Å²) in [7, 11) is 0. The van der Waals surface area contributed by atoms with Crippen molar-refractivity contribution in [3.8, 4) is 5.75 Å². The van der Waals surface area contributed by atoms with Crippen LogP contribution in [0.25, 0.3) is 0 Å². The maximum absolute atomic E-state index is 12.1. The molecule has 0 spiro atoms. The second kappa shape index (κ2) is 4.65. The molecule has 1 aliphatic heterocycles. The van der Waals surface area contributed by atoms with Crippen LogP contribution < -0.4 is 15.4 Å². The van der Waals surface area contributed by atoms with E-state index >= 15 is 0 Å². The number of unbranched alkanes of at least 4 members (excludes halogenated alkanes) is 1. The van der Waals surface area contributed by atoms with Crippen molar-refractivity contribution < 1.29 is 9.53 Å². The lowest BCUT2D eigenvalue weighted by atomic mass is 10.1. The van der Waals surface area contributed by atoms with Crippen LogP contribution in [0.1, 0.15) is 26.7 Å². The number of ether oxygens (including phenoxy) is 1. The first kappa shape index (κ1) is 11.8. The van der Waals surface area contributed by atoms with Gasteiger partial charge in [0.2, 0.25) is 0 Å². The van der Waals surface area contributed by atoms with Crippen molar-refractivity contribution in [2.45, 2.75) is 32.8 Å². The van der Waals surface area contributed by atoms with Crippen LogP contribution in [0.2, 0.25) is 0 Å². The first-order valence-corrected chi connectivity index (χ1v) is 6.01. The monoisotopic (exact) mass is 234 g/mol. The summed E-state index contributed by atoms with van der Waals surface area (Å²) in [4.78, 5) is 13.8. The van der Waals surface area contributed by atoms with Crippen LogP contribution in [0.15, 0.2) is 18.2 Å². The van der Waals surface area contributed by atoms with Gasteiger partial charge in [0.15, 0.2) is 6.10 Å². The molecular formula is C13H18N2O2. The Morgan fingerprint density at radius 2 is 2.24 bits per heavy atom. The Bertz CT molecular complexity index is 431. The molecule has 1 heterocycles. The molecule has 17 heavy (non-hydrogen) atoms. The Morgan fingerprint density at radius 1 is 1.47 bits per heavy atom. The van der Waals surface area contributed by atoms with Crippen LogP contribution in [-0.4, -0.2) is 18.6 Å². The highest BCUT2D eigenvalue weighted by Gasteiger charge is 2.32. The molecule has 4 nitrogen and oxygen atoms in total. The number of amides is 1. The van der Waals surface area contributed by atoms with Gasteiger partial charge < -0.3 is 15.4 Å². The van der Waals surface area contributed by atoms with Crippen molar-refractivity contribution in [2.75, 3.05) is 17.2 Å². The highest BCUT2D eigenvalue weighted by molar-refractivity contribution is 6.02. The zero-order valence-corrected chi connectivity index (χ0v) is 10.3. The van der Waals surface area contributed by atoms with Gasteiger partial charge in [0.25, 0.3) is 5.91 Å². The molecular weight excluding hydrogens is 216 g/mol. The van der Waals surface area contributed by atoms with Gasteiger partial charge in [-0.25, -0.2) is 0 Å². The Balaban J connectivity index is 2.40. The van der Waals surface area contributed by atoms with Crippen molar-refractivity contribution in [3.05, 3.63) is 18.2 Å². The van der Waals surface area contributed by atoms with E-state index in [2.05, 4.69) is 6.92 Å². The predicted molar refractivity (Wildman–Crippen MR) is 68.2 cm³/mol. The molecule has 0 saturated carbocycles. The summed E-state index contributed by atoms with van der Waals surface area (Å²) in [6.45, 7) is 4.57. The largest absolute Gasteiger partial charge is 0.479 e. The number of hydrogen-bond acceptors (Lipinski definition) is 3. The van der Waals surface area contributed by atoms with E-state index in [0.717, 1.165) is 18.5 Å². The number of carbonyl (C=O) groups excluding carboxylic acids is 1. The van der Waals surface area contributed by atoms with E-state index in [1.807, 2.05) is 12.1 Å². The van der Waals surface area contributed by atoms with E-state index in [-0.39, 0.29) is 5.91 Å². The zero-order chi connectivity index (χ0) is 12.4. The third kappa shape index (κ3) is 2.07. The molecule has 2 N–H and O–H groups in total. The quantitative estimate of drug-likeness (QED) is 0.815. The first-order valence-electron chi connectivity index (χ1n) is 6.01. The molecule has 0 aliphatic carbocycles. The Morgan fingerprint density at radius 3 is 2.94 bits per heavy atom. The molecule has 1 aromatic rings. The maximum Gasteiger partial charge on any atom is 0.267 e. The van der Waals surface area contributed by atoms with Gasteiger partial charge >= 0.3 is 0 Å². The summed E-state index contributed by atoms with van der Waals surface area (Å²) in [6.07, 6.45) is 1.58. The third-order valence-corrected chi connectivity index (χ3v) is 2.95. The van der Waals surface area contributed by atoms with Crippen molar-refractivity contribution in [1.82, 2.24) is 0 Å². The van der Waals surface area contributed by atoms with Gasteiger partial charge in [-0.2, -0.15) is 0 Å². The number of fused-ring (bicyclic) bond motifs is 1. The van der Waals surface area contributed by atoms with E-state index in [0.29, 0.717) is 18.0 Å². The van der Waals surface area contributed by atoms with Crippen LogP contribution in [0.5, 0.6) is 5.75 Å². The second-order valence-electron chi connectivity index (χ2n) is 4.30. The van der Waals surface area contributed by atoms with Crippen molar-refractivity contribution in [1.29, 1.82) is 0 Å². The average molecular weight is 234 g/mol. The minimum Gasteiger partial charge on any atom is -0.479 e. The number of carbonyl (C=O) groups is 1. The molecule has 0 aromatic heterocycles. The SMILES string of the molecule is CCCCN1C(=O)C(C)Oc2cccc(N)c21. The second-order valence-corrected chi connectivity index (χ2v) is 4.30. The summed E-state index contributed by atoms with van der Waals surface area (Å²) in [6, 6.07) is 5.49.